The molecule has 1 aromatic heterocycles. The largest absolute Gasteiger partial charge is 0.394 e. The van der Waals surface area contributed by atoms with E-state index in [-0.39, 0.29) is 12.1 Å². The standard InChI is InChI=1S/C16H28N2OS/c1-5-17-16(4,12-19)8-6-7-9-20-15-11-13(2)10-14(3)18-15/h10-11,17,19H,5-9,12H2,1-4H3. The van der Waals surface area contributed by atoms with Crippen molar-refractivity contribution in [3.05, 3.63) is 23.4 Å². The maximum Gasteiger partial charge on any atom is 0.0965 e. The third-order valence-corrected chi connectivity index (χ3v) is 4.40. The first-order valence-electron chi connectivity index (χ1n) is 7.43. The summed E-state index contributed by atoms with van der Waals surface area (Å²) < 4.78 is 0. The third-order valence-electron chi connectivity index (χ3n) is 3.40. The van der Waals surface area contributed by atoms with E-state index in [1.165, 1.54) is 5.56 Å². The van der Waals surface area contributed by atoms with Crippen molar-refractivity contribution in [1.29, 1.82) is 0 Å². The van der Waals surface area contributed by atoms with Crippen LogP contribution in [0.2, 0.25) is 0 Å². The van der Waals surface area contributed by atoms with Crippen molar-refractivity contribution < 1.29 is 5.11 Å². The smallest absolute Gasteiger partial charge is 0.0965 e. The molecule has 2 N–H and O–H groups in total. The Hall–Kier alpha value is -0.580. The van der Waals surface area contributed by atoms with Crippen molar-refractivity contribution >= 4 is 11.8 Å². The maximum absolute atomic E-state index is 9.43. The number of pyridine rings is 1. The van der Waals surface area contributed by atoms with E-state index in [1.54, 1.807) is 0 Å². The van der Waals surface area contributed by atoms with Crippen molar-refractivity contribution in [2.24, 2.45) is 0 Å². The number of nitrogens with zero attached hydrogens (tertiary/aromatic N) is 1. The monoisotopic (exact) mass is 296 g/mol. The van der Waals surface area contributed by atoms with Crippen LogP contribution in [0, 0.1) is 13.8 Å². The molecule has 20 heavy (non-hydrogen) atoms. The molecule has 0 amide bonds. The second-order valence-electron chi connectivity index (χ2n) is 5.68. The topological polar surface area (TPSA) is 45.1 Å². The summed E-state index contributed by atoms with van der Waals surface area (Å²) in [5, 5.41) is 13.9. The summed E-state index contributed by atoms with van der Waals surface area (Å²) in [6.45, 7) is 9.43. The van der Waals surface area contributed by atoms with Gasteiger partial charge in [-0.15, -0.1) is 11.8 Å². The molecule has 1 aromatic rings. The number of hydrogen-bond donors (Lipinski definition) is 2. The Bertz CT molecular complexity index is 391. The number of aliphatic hydroxyl groups excluding tert-OH is 1. The molecule has 4 heteroatoms. The van der Waals surface area contributed by atoms with Crippen LogP contribution in [0.15, 0.2) is 17.2 Å². The van der Waals surface area contributed by atoms with E-state index in [0.29, 0.717) is 0 Å². The lowest BCUT2D eigenvalue weighted by atomic mass is 9.96. The van der Waals surface area contributed by atoms with Gasteiger partial charge in [-0.2, -0.15) is 0 Å². The summed E-state index contributed by atoms with van der Waals surface area (Å²) in [4.78, 5) is 4.54. The van der Waals surface area contributed by atoms with E-state index in [9.17, 15) is 5.11 Å². The molecule has 0 fully saturated rings. The highest BCUT2D eigenvalue weighted by Gasteiger charge is 2.20. The molecule has 1 heterocycles. The molecule has 1 unspecified atom stereocenters. The number of rotatable bonds is 9. The van der Waals surface area contributed by atoms with Gasteiger partial charge in [0.15, 0.2) is 0 Å². The Morgan fingerprint density at radius 3 is 2.65 bits per heavy atom. The zero-order valence-corrected chi connectivity index (χ0v) is 14.0. The van der Waals surface area contributed by atoms with Gasteiger partial charge in [0.1, 0.15) is 0 Å². The lowest BCUT2D eigenvalue weighted by Crippen LogP contribution is -2.45. The maximum atomic E-state index is 9.43. The van der Waals surface area contributed by atoms with Gasteiger partial charge in [0.05, 0.1) is 11.6 Å². The quantitative estimate of drug-likeness (QED) is 0.542. The van der Waals surface area contributed by atoms with Crippen LogP contribution < -0.4 is 5.32 Å². The van der Waals surface area contributed by atoms with E-state index >= 15 is 0 Å². The number of aromatic nitrogens is 1. The molecule has 0 bridgehead atoms. The predicted molar refractivity (Wildman–Crippen MR) is 87.5 cm³/mol. The Balaban J connectivity index is 2.28. The minimum absolute atomic E-state index is 0.127. The van der Waals surface area contributed by atoms with Crippen molar-refractivity contribution in [2.45, 2.75) is 57.5 Å². The molecule has 0 saturated carbocycles. The molecule has 0 spiro atoms. The van der Waals surface area contributed by atoms with Crippen LogP contribution in [0.1, 0.15) is 44.4 Å². The van der Waals surface area contributed by atoms with Gasteiger partial charge in [0, 0.05) is 11.2 Å². The van der Waals surface area contributed by atoms with Gasteiger partial charge in [0.25, 0.3) is 0 Å². The van der Waals surface area contributed by atoms with E-state index in [4.69, 9.17) is 0 Å². The van der Waals surface area contributed by atoms with E-state index in [2.05, 4.69) is 43.2 Å². The van der Waals surface area contributed by atoms with Crippen molar-refractivity contribution in [2.75, 3.05) is 18.9 Å². The number of nitrogens with one attached hydrogen (secondary N) is 1. The summed E-state index contributed by atoms with van der Waals surface area (Å²) in [5.74, 6) is 1.09. The number of unbranched alkanes of at least 4 members (excludes halogenated alkanes) is 1. The van der Waals surface area contributed by atoms with Crippen LogP contribution in [-0.2, 0) is 0 Å². The molecule has 0 aliphatic carbocycles. The Kier molecular flexibility index (Phi) is 7.56. The summed E-state index contributed by atoms with van der Waals surface area (Å²) in [7, 11) is 0. The number of thioether (sulfide) groups is 1. The molecule has 3 nitrogen and oxygen atoms in total. The molecule has 0 aliphatic heterocycles. The Labute approximate surface area is 127 Å². The highest BCUT2D eigenvalue weighted by molar-refractivity contribution is 7.99. The van der Waals surface area contributed by atoms with Gasteiger partial charge < -0.3 is 10.4 Å². The first-order chi connectivity index (χ1) is 9.49. The van der Waals surface area contributed by atoms with Gasteiger partial charge in [-0.25, -0.2) is 4.98 Å². The van der Waals surface area contributed by atoms with Gasteiger partial charge in [-0.1, -0.05) is 13.3 Å². The van der Waals surface area contributed by atoms with Gasteiger partial charge in [-0.05, 0) is 63.6 Å². The Morgan fingerprint density at radius 1 is 1.30 bits per heavy atom. The highest BCUT2D eigenvalue weighted by atomic mass is 32.2. The normalized spacial score (nSPS) is 14.2. The summed E-state index contributed by atoms with van der Waals surface area (Å²) >= 11 is 1.83. The van der Waals surface area contributed by atoms with Crippen LogP contribution in [0.25, 0.3) is 0 Å². The van der Waals surface area contributed by atoms with Crippen LogP contribution in [-0.4, -0.2) is 34.5 Å². The van der Waals surface area contributed by atoms with Crippen LogP contribution in [0.3, 0.4) is 0 Å². The van der Waals surface area contributed by atoms with Crippen molar-refractivity contribution in [1.82, 2.24) is 10.3 Å². The second-order valence-corrected chi connectivity index (χ2v) is 6.79. The molecule has 0 radical (unpaired) electrons. The predicted octanol–water partition coefficient (Wildman–Crippen LogP) is 3.32. The fourth-order valence-corrected chi connectivity index (χ4v) is 3.36. The summed E-state index contributed by atoms with van der Waals surface area (Å²) in [5.41, 5.74) is 2.24. The minimum atomic E-state index is -0.127. The molecular weight excluding hydrogens is 268 g/mol. The lowest BCUT2D eigenvalue weighted by Gasteiger charge is -2.28. The SMILES string of the molecule is CCNC(C)(CO)CCCCSc1cc(C)cc(C)n1. The number of aliphatic hydroxyl groups is 1. The van der Waals surface area contributed by atoms with Gasteiger partial charge in [0.2, 0.25) is 0 Å². The average molecular weight is 296 g/mol. The third kappa shape index (κ3) is 6.25. The van der Waals surface area contributed by atoms with E-state index < -0.39 is 0 Å². The molecule has 1 rings (SSSR count). The van der Waals surface area contributed by atoms with Crippen LogP contribution in [0.5, 0.6) is 0 Å². The highest BCUT2D eigenvalue weighted by Crippen LogP contribution is 2.21. The molecule has 0 aromatic carbocycles. The van der Waals surface area contributed by atoms with Crippen molar-refractivity contribution in [3.8, 4) is 0 Å². The molecule has 0 aliphatic rings. The van der Waals surface area contributed by atoms with E-state index in [1.807, 2.05) is 18.7 Å². The van der Waals surface area contributed by atoms with Crippen LogP contribution in [0.4, 0.5) is 0 Å². The Morgan fingerprint density at radius 2 is 2.05 bits per heavy atom. The van der Waals surface area contributed by atoms with Crippen LogP contribution >= 0.6 is 11.8 Å². The summed E-state index contributed by atoms with van der Waals surface area (Å²) in [6, 6.07) is 4.25. The second kappa shape index (κ2) is 8.65. The molecular formula is C16H28N2OS. The number of aryl methyl sites for hydroxylation is 2. The zero-order chi connectivity index (χ0) is 15.0. The molecule has 0 saturated heterocycles. The number of hydrogen-bond acceptors (Lipinski definition) is 4. The molecule has 114 valence electrons. The average Bonchev–Trinajstić information content (AvgIpc) is 2.37. The summed E-state index contributed by atoms with van der Waals surface area (Å²) in [6.07, 6.45) is 3.29. The first-order valence-corrected chi connectivity index (χ1v) is 8.41. The number of likely N-dealkylation sites (N-methyl/N-ethyl adjacent to an activating group) is 1. The zero-order valence-electron chi connectivity index (χ0n) is 13.2. The lowest BCUT2D eigenvalue weighted by molar-refractivity contribution is 0.165. The minimum Gasteiger partial charge on any atom is -0.394 e. The van der Waals surface area contributed by atoms with Crippen molar-refractivity contribution in [3.63, 3.8) is 0 Å². The van der Waals surface area contributed by atoms with E-state index in [0.717, 1.165) is 42.3 Å². The first kappa shape index (κ1) is 17.5. The fraction of sp³-hybridized carbons (Fsp3) is 0.688. The fourth-order valence-electron chi connectivity index (χ4n) is 2.32. The van der Waals surface area contributed by atoms with Gasteiger partial charge >= 0.3 is 0 Å². The molecule has 1 atom stereocenters. The van der Waals surface area contributed by atoms with Gasteiger partial charge in [-0.3, -0.25) is 0 Å².